The number of nitrogens with one attached hydrogen (secondary N) is 1. The summed E-state index contributed by atoms with van der Waals surface area (Å²) in [6.45, 7) is 2.88. The standard InChI is InChI=1S/C29H33F5N2O5/c1-3-40-25(37)16-39-10-6-9-38-11-12-41-19-14-22(30)26(23(31)15-19)28-27-21(20-7-4-5-8-24(20)35-27)13-18(2)36(28)17-29(32,33)34/h4-5,7-8,14-15,18,28,35H,3,6,9-13,16-17H2,1-2H3/t18-,28-/m1/s1. The average molecular weight is 585 g/mol. The zero-order chi connectivity index (χ0) is 29.6. The van der Waals surface area contributed by atoms with E-state index in [1.807, 2.05) is 12.1 Å². The second-order valence-electron chi connectivity index (χ2n) is 9.78. The molecule has 224 valence electrons. The minimum absolute atomic E-state index is 0.00522. The Morgan fingerprint density at radius 3 is 2.46 bits per heavy atom. The van der Waals surface area contributed by atoms with Gasteiger partial charge in [0.25, 0.3) is 0 Å². The quantitative estimate of drug-likeness (QED) is 0.158. The lowest BCUT2D eigenvalue weighted by Gasteiger charge is -2.41. The Kier molecular flexibility index (Phi) is 10.2. The monoisotopic (exact) mass is 584 g/mol. The summed E-state index contributed by atoms with van der Waals surface area (Å²) < 4.78 is 92.6. The molecule has 1 N–H and O–H groups in total. The second-order valence-corrected chi connectivity index (χ2v) is 9.78. The zero-order valence-electron chi connectivity index (χ0n) is 22.9. The largest absolute Gasteiger partial charge is 0.491 e. The number of hydrogen-bond donors (Lipinski definition) is 1. The Balaban J connectivity index is 1.43. The lowest BCUT2D eigenvalue weighted by Crippen LogP contribution is -2.47. The summed E-state index contributed by atoms with van der Waals surface area (Å²) in [7, 11) is 0. The van der Waals surface area contributed by atoms with Gasteiger partial charge in [-0.25, -0.2) is 13.6 Å². The van der Waals surface area contributed by atoms with E-state index in [4.69, 9.17) is 18.9 Å². The lowest BCUT2D eigenvalue weighted by molar-refractivity contribution is -0.155. The number of alkyl halides is 3. The summed E-state index contributed by atoms with van der Waals surface area (Å²) >= 11 is 0. The van der Waals surface area contributed by atoms with Gasteiger partial charge < -0.3 is 23.9 Å². The van der Waals surface area contributed by atoms with Crippen molar-refractivity contribution in [3.63, 3.8) is 0 Å². The van der Waals surface area contributed by atoms with E-state index in [9.17, 15) is 18.0 Å². The molecule has 1 aliphatic rings. The van der Waals surface area contributed by atoms with Gasteiger partial charge in [-0.2, -0.15) is 13.2 Å². The molecule has 0 radical (unpaired) electrons. The first kappa shape index (κ1) is 30.7. The SMILES string of the molecule is CCOC(=O)COCCCOCCOc1cc(F)c([C@@H]2c3[nH]c4ccccc4c3C[C@@H](C)N2CC(F)(F)F)c(F)c1. The van der Waals surface area contributed by atoms with Crippen molar-refractivity contribution in [1.82, 2.24) is 9.88 Å². The third-order valence-electron chi connectivity index (χ3n) is 6.80. The van der Waals surface area contributed by atoms with Crippen molar-refractivity contribution < 1.29 is 45.7 Å². The molecular formula is C29H33F5N2O5. The molecule has 2 aromatic carbocycles. The van der Waals surface area contributed by atoms with Gasteiger partial charge in [0, 0.05) is 53.5 Å². The first-order chi connectivity index (χ1) is 19.6. The van der Waals surface area contributed by atoms with Crippen molar-refractivity contribution in [2.45, 2.75) is 44.9 Å². The third-order valence-corrected chi connectivity index (χ3v) is 6.80. The number of aromatic amines is 1. The van der Waals surface area contributed by atoms with Crippen LogP contribution in [0, 0.1) is 11.6 Å². The average Bonchev–Trinajstić information content (AvgIpc) is 3.26. The van der Waals surface area contributed by atoms with Crippen molar-refractivity contribution in [2.24, 2.45) is 0 Å². The molecule has 0 amide bonds. The van der Waals surface area contributed by atoms with Gasteiger partial charge in [0.05, 0.1) is 25.8 Å². The minimum atomic E-state index is -4.57. The molecule has 1 aromatic heterocycles. The normalized spacial score (nSPS) is 17.5. The van der Waals surface area contributed by atoms with E-state index in [0.717, 1.165) is 28.0 Å². The van der Waals surface area contributed by atoms with E-state index in [1.165, 1.54) is 0 Å². The molecule has 12 heteroatoms. The number of carbonyl (C=O) groups excluding carboxylic acids is 1. The van der Waals surface area contributed by atoms with Gasteiger partial charge in [-0.15, -0.1) is 0 Å². The number of carbonyl (C=O) groups is 1. The van der Waals surface area contributed by atoms with Gasteiger partial charge in [0.2, 0.25) is 0 Å². The van der Waals surface area contributed by atoms with Crippen molar-refractivity contribution in [3.8, 4) is 5.75 Å². The Hall–Kier alpha value is -3.22. The molecule has 0 unspecified atom stereocenters. The number of ether oxygens (including phenoxy) is 4. The van der Waals surface area contributed by atoms with E-state index >= 15 is 8.78 Å². The van der Waals surface area contributed by atoms with Crippen LogP contribution in [0.1, 0.15) is 43.1 Å². The summed E-state index contributed by atoms with van der Waals surface area (Å²) in [5.41, 5.74) is 1.31. The zero-order valence-corrected chi connectivity index (χ0v) is 22.9. The molecule has 2 heterocycles. The topological polar surface area (TPSA) is 73.0 Å². The number of hydrogen-bond acceptors (Lipinski definition) is 6. The molecule has 1 aliphatic heterocycles. The van der Waals surface area contributed by atoms with Crippen LogP contribution in [-0.2, 0) is 25.4 Å². The van der Waals surface area contributed by atoms with E-state index in [0.29, 0.717) is 37.3 Å². The van der Waals surface area contributed by atoms with Gasteiger partial charge in [-0.05, 0) is 38.3 Å². The number of rotatable bonds is 13. The van der Waals surface area contributed by atoms with Crippen molar-refractivity contribution in [2.75, 3.05) is 46.2 Å². The highest BCUT2D eigenvalue weighted by Crippen LogP contribution is 2.44. The van der Waals surface area contributed by atoms with Crippen molar-refractivity contribution >= 4 is 16.9 Å². The van der Waals surface area contributed by atoms with E-state index < -0.39 is 48.0 Å². The van der Waals surface area contributed by atoms with Gasteiger partial charge in [-0.3, -0.25) is 4.90 Å². The van der Waals surface area contributed by atoms with Crippen LogP contribution in [-0.4, -0.2) is 74.3 Å². The Morgan fingerprint density at radius 2 is 1.76 bits per heavy atom. The van der Waals surface area contributed by atoms with Crippen molar-refractivity contribution in [3.05, 3.63) is 64.9 Å². The molecule has 0 aliphatic carbocycles. The molecule has 0 saturated carbocycles. The van der Waals surface area contributed by atoms with Gasteiger partial charge in [0.1, 0.15) is 30.6 Å². The molecule has 0 fully saturated rings. The van der Waals surface area contributed by atoms with Crippen LogP contribution in [0.4, 0.5) is 22.0 Å². The highest BCUT2D eigenvalue weighted by Gasteiger charge is 2.43. The second kappa shape index (κ2) is 13.6. The van der Waals surface area contributed by atoms with E-state index in [1.54, 1.807) is 26.0 Å². The maximum atomic E-state index is 15.5. The predicted molar refractivity (Wildman–Crippen MR) is 141 cm³/mol. The number of H-pyrrole nitrogens is 1. The number of fused-ring (bicyclic) bond motifs is 3. The molecule has 3 aromatic rings. The lowest BCUT2D eigenvalue weighted by atomic mass is 9.88. The fraction of sp³-hybridized carbons (Fsp3) is 0.483. The number of esters is 1. The highest BCUT2D eigenvalue weighted by molar-refractivity contribution is 5.85. The minimum Gasteiger partial charge on any atom is -0.491 e. The van der Waals surface area contributed by atoms with Crippen LogP contribution in [0.3, 0.4) is 0 Å². The summed E-state index contributed by atoms with van der Waals surface area (Å²) in [6, 6.07) is 7.25. The van der Waals surface area contributed by atoms with Crippen LogP contribution >= 0.6 is 0 Å². The smallest absolute Gasteiger partial charge is 0.401 e. The molecule has 7 nitrogen and oxygen atoms in total. The Labute approximate surface area is 234 Å². The van der Waals surface area contributed by atoms with Gasteiger partial charge >= 0.3 is 12.1 Å². The third kappa shape index (κ3) is 7.75. The molecule has 0 spiro atoms. The summed E-state index contributed by atoms with van der Waals surface area (Å²) in [5.74, 6) is -2.56. The van der Waals surface area contributed by atoms with E-state index in [-0.39, 0.29) is 32.2 Å². The fourth-order valence-electron chi connectivity index (χ4n) is 5.12. The number of nitrogens with zero attached hydrogens (tertiary/aromatic N) is 1. The number of para-hydroxylation sites is 1. The van der Waals surface area contributed by atoms with E-state index in [2.05, 4.69) is 4.98 Å². The first-order valence-electron chi connectivity index (χ1n) is 13.4. The fourth-order valence-corrected chi connectivity index (χ4v) is 5.12. The van der Waals surface area contributed by atoms with Crippen LogP contribution in [0.2, 0.25) is 0 Å². The molecule has 2 atom stereocenters. The first-order valence-corrected chi connectivity index (χ1v) is 13.4. The number of benzene rings is 2. The summed E-state index contributed by atoms with van der Waals surface area (Å²) in [6.07, 6.45) is -3.76. The van der Waals surface area contributed by atoms with Gasteiger partial charge in [-0.1, -0.05) is 18.2 Å². The maximum absolute atomic E-state index is 15.5. The van der Waals surface area contributed by atoms with Crippen LogP contribution in [0.25, 0.3) is 10.9 Å². The molecule has 0 bridgehead atoms. The van der Waals surface area contributed by atoms with Gasteiger partial charge in [0.15, 0.2) is 0 Å². The van der Waals surface area contributed by atoms with Crippen LogP contribution < -0.4 is 4.74 Å². The van der Waals surface area contributed by atoms with Crippen LogP contribution in [0.5, 0.6) is 5.75 Å². The molecular weight excluding hydrogens is 551 g/mol. The summed E-state index contributed by atoms with van der Waals surface area (Å²) in [5, 5.41) is 0.817. The number of aromatic nitrogens is 1. The highest BCUT2D eigenvalue weighted by atomic mass is 19.4. The number of halogens is 5. The molecule has 4 rings (SSSR count). The Bertz CT molecular complexity index is 1310. The molecule has 0 saturated heterocycles. The maximum Gasteiger partial charge on any atom is 0.401 e. The summed E-state index contributed by atoms with van der Waals surface area (Å²) in [4.78, 5) is 15.4. The Morgan fingerprint density at radius 1 is 1.05 bits per heavy atom. The van der Waals surface area contributed by atoms with Crippen LogP contribution in [0.15, 0.2) is 36.4 Å². The predicted octanol–water partition coefficient (Wildman–Crippen LogP) is 5.71. The van der Waals surface area contributed by atoms with Crippen molar-refractivity contribution in [1.29, 1.82) is 0 Å². The molecule has 41 heavy (non-hydrogen) atoms.